The second-order valence-corrected chi connectivity index (χ2v) is 6.01. The van der Waals surface area contributed by atoms with Crippen LogP contribution in [0.4, 0.5) is 5.13 Å². The number of thiazole rings is 1. The third kappa shape index (κ3) is 5.19. The molecule has 1 rings (SSSR count). The Morgan fingerprint density at radius 2 is 2.16 bits per heavy atom. The molecule has 0 aromatic carbocycles. The van der Waals surface area contributed by atoms with E-state index in [1.54, 1.807) is 0 Å². The van der Waals surface area contributed by atoms with Gasteiger partial charge in [0.2, 0.25) is 0 Å². The summed E-state index contributed by atoms with van der Waals surface area (Å²) in [5, 5.41) is 4.16. The molecule has 1 aromatic heterocycles. The molecule has 0 radical (unpaired) electrons. The molecule has 0 spiro atoms. The van der Waals surface area contributed by atoms with Crippen molar-refractivity contribution in [1.29, 1.82) is 0 Å². The average Bonchev–Trinajstić information content (AvgIpc) is 2.74. The molecule has 1 unspecified atom stereocenters. The maximum absolute atomic E-state index is 11.5. The smallest absolute Gasteiger partial charge is 0.357 e. The highest BCUT2D eigenvalue weighted by Crippen LogP contribution is 2.23. The van der Waals surface area contributed by atoms with Crippen molar-refractivity contribution in [1.82, 2.24) is 4.98 Å². The summed E-state index contributed by atoms with van der Waals surface area (Å²) < 4.78 is 4.70. The molecule has 0 saturated heterocycles. The van der Waals surface area contributed by atoms with E-state index in [9.17, 15) is 4.79 Å². The van der Waals surface area contributed by atoms with Crippen molar-refractivity contribution >= 4 is 22.4 Å². The lowest BCUT2D eigenvalue weighted by molar-refractivity contribution is 0.0594. The van der Waals surface area contributed by atoms with Gasteiger partial charge in [0.25, 0.3) is 0 Å². The highest BCUT2D eigenvalue weighted by molar-refractivity contribution is 7.15. The molecule has 108 valence electrons. The van der Waals surface area contributed by atoms with Crippen molar-refractivity contribution in [2.45, 2.75) is 58.9 Å². The first kappa shape index (κ1) is 16.0. The number of unbranched alkanes of at least 4 members (excludes halogenated alkanes) is 3. The number of hydrogen-bond acceptors (Lipinski definition) is 5. The summed E-state index contributed by atoms with van der Waals surface area (Å²) in [5.41, 5.74) is 0.424. The van der Waals surface area contributed by atoms with Gasteiger partial charge in [0.15, 0.2) is 10.8 Å². The van der Waals surface area contributed by atoms with E-state index in [0.717, 1.165) is 16.4 Å². The number of hydrogen-bond donors (Lipinski definition) is 1. The van der Waals surface area contributed by atoms with Crippen LogP contribution in [0.3, 0.4) is 0 Å². The number of carbonyl (C=O) groups excluding carboxylic acids is 1. The van der Waals surface area contributed by atoms with E-state index in [4.69, 9.17) is 4.74 Å². The molecule has 0 fully saturated rings. The lowest BCUT2D eigenvalue weighted by atomic mass is 10.1. The number of nitrogens with one attached hydrogen (secondary N) is 1. The summed E-state index contributed by atoms with van der Waals surface area (Å²) in [6.07, 6.45) is 6.21. The van der Waals surface area contributed by atoms with Gasteiger partial charge in [0, 0.05) is 10.9 Å². The van der Waals surface area contributed by atoms with Crippen LogP contribution in [0.5, 0.6) is 0 Å². The fourth-order valence-corrected chi connectivity index (χ4v) is 2.82. The van der Waals surface area contributed by atoms with Crippen molar-refractivity contribution in [3.05, 3.63) is 10.6 Å². The van der Waals surface area contributed by atoms with E-state index in [-0.39, 0.29) is 5.97 Å². The molecule has 1 heterocycles. The number of carbonyl (C=O) groups is 1. The molecule has 0 aliphatic carbocycles. The molecule has 0 saturated carbocycles. The van der Waals surface area contributed by atoms with Crippen LogP contribution in [-0.4, -0.2) is 24.1 Å². The second-order valence-electron chi connectivity index (χ2n) is 4.81. The van der Waals surface area contributed by atoms with E-state index in [1.165, 1.54) is 44.1 Å². The average molecular weight is 284 g/mol. The number of aromatic nitrogens is 1. The zero-order valence-corrected chi connectivity index (χ0v) is 13.1. The Morgan fingerprint density at radius 1 is 1.42 bits per heavy atom. The molecule has 0 amide bonds. The zero-order chi connectivity index (χ0) is 14.3. The van der Waals surface area contributed by atoms with E-state index in [1.807, 2.05) is 6.92 Å². The van der Waals surface area contributed by atoms with E-state index < -0.39 is 0 Å². The van der Waals surface area contributed by atoms with Gasteiger partial charge in [-0.1, -0.05) is 32.6 Å². The Labute approximate surface area is 119 Å². The van der Waals surface area contributed by atoms with E-state index in [2.05, 4.69) is 24.1 Å². The van der Waals surface area contributed by atoms with Crippen molar-refractivity contribution in [2.24, 2.45) is 0 Å². The number of rotatable bonds is 8. The third-order valence-corrected chi connectivity index (χ3v) is 3.94. The minimum Gasteiger partial charge on any atom is -0.464 e. The molecular formula is C14H24N2O2S. The Bertz CT molecular complexity index is 404. The Balaban J connectivity index is 2.46. The number of ether oxygens (including phenoxy) is 1. The van der Waals surface area contributed by atoms with Gasteiger partial charge in [-0.3, -0.25) is 0 Å². The van der Waals surface area contributed by atoms with Crippen LogP contribution < -0.4 is 5.32 Å². The summed E-state index contributed by atoms with van der Waals surface area (Å²) in [6.45, 7) is 6.26. The molecule has 0 aliphatic heterocycles. The lowest BCUT2D eigenvalue weighted by Gasteiger charge is -2.12. The van der Waals surface area contributed by atoms with Gasteiger partial charge in [-0.25, -0.2) is 9.78 Å². The summed E-state index contributed by atoms with van der Waals surface area (Å²) in [4.78, 5) is 16.7. The van der Waals surface area contributed by atoms with Crippen LogP contribution >= 0.6 is 11.3 Å². The predicted molar refractivity (Wildman–Crippen MR) is 80.0 cm³/mol. The highest BCUT2D eigenvalue weighted by Gasteiger charge is 2.16. The van der Waals surface area contributed by atoms with Gasteiger partial charge >= 0.3 is 5.97 Å². The molecule has 19 heavy (non-hydrogen) atoms. The molecule has 0 bridgehead atoms. The maximum atomic E-state index is 11.5. The molecule has 0 aliphatic rings. The number of methoxy groups -OCH3 is 1. The molecule has 4 nitrogen and oxygen atoms in total. The minimum atomic E-state index is -0.364. The normalized spacial score (nSPS) is 12.2. The topological polar surface area (TPSA) is 51.2 Å². The molecular weight excluding hydrogens is 260 g/mol. The van der Waals surface area contributed by atoms with Gasteiger partial charge < -0.3 is 10.1 Å². The molecule has 1 aromatic rings. The van der Waals surface area contributed by atoms with Crippen molar-refractivity contribution < 1.29 is 9.53 Å². The van der Waals surface area contributed by atoms with E-state index in [0.29, 0.717) is 11.7 Å². The fraction of sp³-hybridized carbons (Fsp3) is 0.714. The van der Waals surface area contributed by atoms with E-state index >= 15 is 0 Å². The van der Waals surface area contributed by atoms with Gasteiger partial charge in [-0.15, -0.1) is 11.3 Å². The van der Waals surface area contributed by atoms with Crippen LogP contribution in [0.25, 0.3) is 0 Å². The summed E-state index contributed by atoms with van der Waals surface area (Å²) in [7, 11) is 1.38. The van der Waals surface area contributed by atoms with Crippen LogP contribution in [0.2, 0.25) is 0 Å². The quantitative estimate of drug-likeness (QED) is 0.579. The predicted octanol–water partition coefficient (Wildman–Crippen LogP) is 4.01. The van der Waals surface area contributed by atoms with Crippen LogP contribution in [-0.2, 0) is 4.74 Å². The summed E-state index contributed by atoms with van der Waals surface area (Å²) in [6, 6.07) is 0.382. The number of aryl methyl sites for hydroxylation is 1. The first-order valence-electron chi connectivity index (χ1n) is 6.90. The fourth-order valence-electron chi connectivity index (χ4n) is 1.90. The first-order chi connectivity index (χ1) is 9.08. The standard InChI is InChI=1S/C14H24N2O2S/c1-5-6-7-8-9-10(2)15-14-16-12(11(3)19-14)13(17)18-4/h10H,5-9H2,1-4H3,(H,15,16). The molecule has 1 N–H and O–H groups in total. The zero-order valence-electron chi connectivity index (χ0n) is 12.3. The third-order valence-electron chi connectivity index (χ3n) is 3.04. The van der Waals surface area contributed by atoms with Gasteiger partial charge in [0.05, 0.1) is 7.11 Å². The van der Waals surface area contributed by atoms with Gasteiger partial charge in [-0.2, -0.15) is 0 Å². The molecule has 5 heteroatoms. The number of anilines is 1. The van der Waals surface area contributed by atoms with Crippen LogP contribution in [0.15, 0.2) is 0 Å². The van der Waals surface area contributed by atoms with Crippen molar-refractivity contribution in [3.63, 3.8) is 0 Å². The van der Waals surface area contributed by atoms with Gasteiger partial charge in [-0.05, 0) is 20.3 Å². The lowest BCUT2D eigenvalue weighted by Crippen LogP contribution is -2.15. The van der Waals surface area contributed by atoms with Gasteiger partial charge in [0.1, 0.15) is 0 Å². The first-order valence-corrected chi connectivity index (χ1v) is 7.72. The minimum absolute atomic E-state index is 0.364. The summed E-state index contributed by atoms with van der Waals surface area (Å²) in [5.74, 6) is -0.364. The molecule has 1 atom stereocenters. The SMILES string of the molecule is CCCCCCC(C)Nc1nc(C(=O)OC)c(C)s1. The van der Waals surface area contributed by atoms with Crippen LogP contribution in [0.1, 0.15) is 61.3 Å². The van der Waals surface area contributed by atoms with Crippen molar-refractivity contribution in [2.75, 3.05) is 12.4 Å². The maximum Gasteiger partial charge on any atom is 0.357 e. The van der Waals surface area contributed by atoms with Crippen LogP contribution in [0, 0.1) is 6.92 Å². The number of nitrogens with zero attached hydrogens (tertiary/aromatic N) is 1. The van der Waals surface area contributed by atoms with Crippen molar-refractivity contribution in [3.8, 4) is 0 Å². The Hall–Kier alpha value is -1.10. The Morgan fingerprint density at radius 3 is 2.79 bits per heavy atom. The Kier molecular flexibility index (Phi) is 6.84. The monoisotopic (exact) mass is 284 g/mol. The number of esters is 1. The second kappa shape index (κ2) is 8.15. The summed E-state index contributed by atoms with van der Waals surface area (Å²) >= 11 is 1.51. The largest absolute Gasteiger partial charge is 0.464 e. The highest BCUT2D eigenvalue weighted by atomic mass is 32.1.